The molecule has 86 valence electrons. The molecule has 1 saturated heterocycles. The summed E-state index contributed by atoms with van der Waals surface area (Å²) >= 11 is 0. The van der Waals surface area contributed by atoms with E-state index in [2.05, 4.69) is 0 Å². The zero-order valence-corrected chi connectivity index (χ0v) is 9.93. The number of amides is 2. The summed E-state index contributed by atoms with van der Waals surface area (Å²) in [7, 11) is 0. The summed E-state index contributed by atoms with van der Waals surface area (Å²) in [5, 5.41) is 0. The van der Waals surface area contributed by atoms with Gasteiger partial charge in [0.1, 0.15) is 0 Å². The van der Waals surface area contributed by atoms with Crippen molar-refractivity contribution in [3.63, 3.8) is 0 Å². The Labute approximate surface area is 96.1 Å². The molecule has 0 aromatic heterocycles. The summed E-state index contributed by atoms with van der Waals surface area (Å²) in [6.07, 6.45) is 0.327. The molecule has 0 N–H and O–H groups in total. The minimum atomic E-state index is -0.178. The first-order valence-corrected chi connectivity index (χ1v) is 5.62. The normalized spacial score (nSPS) is 19.4. The van der Waals surface area contributed by atoms with Crippen LogP contribution in [0, 0.1) is 5.92 Å². The number of carbonyl (C=O) groups excluding carboxylic acids is 2. The van der Waals surface area contributed by atoms with Crippen LogP contribution in [-0.2, 0) is 9.59 Å². The molecular formula is C13H17NO2. The minimum absolute atomic E-state index is 0.0961. The largest absolute Gasteiger partial charge is 0.274 e. The average molecular weight is 219 g/mol. The van der Waals surface area contributed by atoms with Crippen molar-refractivity contribution in [2.24, 2.45) is 5.92 Å². The Kier molecular flexibility index (Phi) is 4.23. The monoisotopic (exact) mass is 219 g/mol. The lowest BCUT2D eigenvalue weighted by Gasteiger charge is -2.13. The summed E-state index contributed by atoms with van der Waals surface area (Å²) < 4.78 is 0. The molecule has 1 aliphatic rings. The van der Waals surface area contributed by atoms with Crippen LogP contribution < -0.4 is 4.90 Å². The van der Waals surface area contributed by atoms with Crippen molar-refractivity contribution in [2.45, 2.75) is 27.2 Å². The van der Waals surface area contributed by atoms with Crippen LogP contribution in [0.25, 0.3) is 0 Å². The smallest absolute Gasteiger partial charge is 0.237 e. The Bertz CT molecular complexity index is 373. The number of para-hydroxylation sites is 1. The lowest BCUT2D eigenvalue weighted by atomic mass is 10.1. The number of hydrogen-bond donors (Lipinski definition) is 0. The van der Waals surface area contributed by atoms with Gasteiger partial charge in [-0.2, -0.15) is 0 Å². The Morgan fingerprint density at radius 1 is 1.12 bits per heavy atom. The predicted octanol–water partition coefficient (Wildman–Crippen LogP) is 2.61. The van der Waals surface area contributed by atoms with Crippen LogP contribution in [0.3, 0.4) is 0 Å². The fraction of sp³-hybridized carbons (Fsp3) is 0.385. The summed E-state index contributed by atoms with van der Waals surface area (Å²) in [6.45, 7) is 5.78. The third-order valence-corrected chi connectivity index (χ3v) is 2.39. The quantitative estimate of drug-likeness (QED) is 0.681. The second kappa shape index (κ2) is 5.45. The van der Waals surface area contributed by atoms with Gasteiger partial charge >= 0.3 is 0 Å². The van der Waals surface area contributed by atoms with Crippen LogP contribution in [0.1, 0.15) is 27.2 Å². The highest BCUT2D eigenvalue weighted by molar-refractivity contribution is 6.20. The fourth-order valence-electron chi connectivity index (χ4n) is 1.63. The Morgan fingerprint density at radius 3 is 2.12 bits per heavy atom. The van der Waals surface area contributed by atoms with Crippen molar-refractivity contribution in [2.75, 3.05) is 4.90 Å². The van der Waals surface area contributed by atoms with Crippen LogP contribution in [0.15, 0.2) is 30.3 Å². The van der Waals surface area contributed by atoms with Gasteiger partial charge in [-0.1, -0.05) is 39.0 Å². The van der Waals surface area contributed by atoms with E-state index in [1.54, 1.807) is 19.1 Å². The molecule has 0 aliphatic carbocycles. The maximum absolute atomic E-state index is 11.6. The number of hydrogen-bond acceptors (Lipinski definition) is 2. The summed E-state index contributed by atoms with van der Waals surface area (Å²) in [4.78, 5) is 24.4. The van der Waals surface area contributed by atoms with Crippen LogP contribution >= 0.6 is 0 Å². The molecule has 1 aromatic rings. The zero-order valence-electron chi connectivity index (χ0n) is 9.93. The van der Waals surface area contributed by atoms with E-state index >= 15 is 0 Å². The molecule has 1 unspecified atom stereocenters. The molecule has 1 heterocycles. The molecule has 3 heteroatoms. The molecule has 0 spiro atoms. The first-order valence-electron chi connectivity index (χ1n) is 5.62. The topological polar surface area (TPSA) is 37.4 Å². The molecule has 3 nitrogen and oxygen atoms in total. The van der Waals surface area contributed by atoms with Crippen molar-refractivity contribution in [1.29, 1.82) is 0 Å². The Hall–Kier alpha value is -1.64. The molecular weight excluding hydrogens is 202 g/mol. The highest BCUT2D eigenvalue weighted by Gasteiger charge is 2.36. The molecule has 1 atom stereocenters. The predicted molar refractivity (Wildman–Crippen MR) is 64.1 cm³/mol. The van der Waals surface area contributed by atoms with E-state index in [1.807, 2.05) is 32.0 Å². The molecule has 0 radical (unpaired) electrons. The summed E-state index contributed by atoms with van der Waals surface area (Å²) in [5.74, 6) is -0.377. The second-order valence-corrected chi connectivity index (χ2v) is 3.51. The van der Waals surface area contributed by atoms with Gasteiger partial charge in [0.05, 0.1) is 5.69 Å². The summed E-state index contributed by atoms with van der Waals surface area (Å²) in [6, 6.07) is 9.04. The van der Waals surface area contributed by atoms with Gasteiger partial charge < -0.3 is 0 Å². The lowest BCUT2D eigenvalue weighted by molar-refractivity contribution is -0.122. The third kappa shape index (κ3) is 2.30. The standard InChI is InChI=1S/C11H11NO2.C2H6/c1-8-7-10(13)12(11(8)14)9-5-3-2-4-6-9;1-2/h2-6,8H,7H2,1H3;1-2H3. The zero-order chi connectivity index (χ0) is 12.1. The van der Waals surface area contributed by atoms with Crippen molar-refractivity contribution in [3.8, 4) is 0 Å². The maximum Gasteiger partial charge on any atom is 0.237 e. The van der Waals surface area contributed by atoms with Crippen LogP contribution in [0.2, 0.25) is 0 Å². The van der Waals surface area contributed by atoms with Gasteiger partial charge in [-0.3, -0.25) is 14.5 Å². The van der Waals surface area contributed by atoms with Gasteiger partial charge in [0, 0.05) is 12.3 Å². The Balaban J connectivity index is 0.000000606. The van der Waals surface area contributed by atoms with Gasteiger partial charge in [0.2, 0.25) is 11.8 Å². The first kappa shape index (κ1) is 12.4. The first-order chi connectivity index (χ1) is 7.70. The van der Waals surface area contributed by atoms with Gasteiger partial charge in [-0.25, -0.2) is 0 Å². The van der Waals surface area contributed by atoms with Crippen LogP contribution in [0.5, 0.6) is 0 Å². The van der Waals surface area contributed by atoms with E-state index in [0.29, 0.717) is 12.1 Å². The number of benzene rings is 1. The lowest BCUT2D eigenvalue weighted by Crippen LogP contribution is -2.29. The third-order valence-electron chi connectivity index (χ3n) is 2.39. The van der Waals surface area contributed by atoms with E-state index in [4.69, 9.17) is 0 Å². The van der Waals surface area contributed by atoms with Crippen molar-refractivity contribution in [1.82, 2.24) is 0 Å². The van der Waals surface area contributed by atoms with E-state index in [1.165, 1.54) is 4.90 Å². The number of rotatable bonds is 1. The molecule has 2 rings (SSSR count). The molecule has 1 fully saturated rings. The van der Waals surface area contributed by atoms with E-state index in [9.17, 15) is 9.59 Å². The average Bonchev–Trinajstić information content (AvgIpc) is 2.57. The fourth-order valence-corrected chi connectivity index (χ4v) is 1.63. The highest BCUT2D eigenvalue weighted by Crippen LogP contribution is 2.25. The van der Waals surface area contributed by atoms with Gasteiger partial charge in [0.25, 0.3) is 0 Å². The minimum Gasteiger partial charge on any atom is -0.274 e. The highest BCUT2D eigenvalue weighted by atomic mass is 16.2. The Morgan fingerprint density at radius 2 is 1.69 bits per heavy atom. The number of anilines is 1. The maximum atomic E-state index is 11.6. The van der Waals surface area contributed by atoms with Crippen LogP contribution in [0.4, 0.5) is 5.69 Å². The molecule has 0 bridgehead atoms. The van der Waals surface area contributed by atoms with E-state index < -0.39 is 0 Å². The van der Waals surface area contributed by atoms with Gasteiger partial charge in [0.15, 0.2) is 0 Å². The van der Waals surface area contributed by atoms with Crippen molar-refractivity contribution >= 4 is 17.5 Å². The summed E-state index contributed by atoms with van der Waals surface area (Å²) in [5.41, 5.74) is 0.673. The van der Waals surface area contributed by atoms with Gasteiger partial charge in [-0.15, -0.1) is 0 Å². The molecule has 16 heavy (non-hydrogen) atoms. The molecule has 1 aliphatic heterocycles. The number of carbonyl (C=O) groups is 2. The molecule has 1 aromatic carbocycles. The van der Waals surface area contributed by atoms with Crippen molar-refractivity contribution in [3.05, 3.63) is 30.3 Å². The number of imide groups is 1. The van der Waals surface area contributed by atoms with E-state index in [0.717, 1.165) is 0 Å². The molecule has 0 saturated carbocycles. The van der Waals surface area contributed by atoms with Crippen LogP contribution in [-0.4, -0.2) is 11.8 Å². The SMILES string of the molecule is CC.CC1CC(=O)N(c2ccccc2)C1=O. The molecule has 2 amide bonds. The van der Waals surface area contributed by atoms with Crippen molar-refractivity contribution < 1.29 is 9.59 Å². The number of nitrogens with zero attached hydrogens (tertiary/aromatic N) is 1. The van der Waals surface area contributed by atoms with Gasteiger partial charge in [-0.05, 0) is 12.1 Å². The van der Waals surface area contributed by atoms with E-state index in [-0.39, 0.29) is 17.7 Å². The second-order valence-electron chi connectivity index (χ2n) is 3.51.